The molecular formula is C24H29N3O4. The summed E-state index contributed by atoms with van der Waals surface area (Å²) in [6, 6.07) is 13.9. The van der Waals surface area contributed by atoms with E-state index in [0.717, 1.165) is 5.56 Å². The van der Waals surface area contributed by atoms with E-state index in [-0.39, 0.29) is 30.1 Å². The normalized spacial score (nSPS) is 20.5. The molecule has 7 nitrogen and oxygen atoms in total. The minimum Gasteiger partial charge on any atom is -0.469 e. The number of rotatable bonds is 5. The molecule has 0 saturated carbocycles. The van der Waals surface area contributed by atoms with Gasteiger partial charge in [0.2, 0.25) is 11.8 Å². The van der Waals surface area contributed by atoms with E-state index in [1.54, 1.807) is 4.90 Å². The van der Waals surface area contributed by atoms with Gasteiger partial charge in [-0.2, -0.15) is 0 Å². The zero-order chi connectivity index (χ0) is 21.8. The van der Waals surface area contributed by atoms with Gasteiger partial charge in [0.15, 0.2) is 0 Å². The van der Waals surface area contributed by atoms with Crippen molar-refractivity contribution in [3.05, 3.63) is 48.0 Å². The molecule has 0 radical (unpaired) electrons. The highest BCUT2D eigenvalue weighted by Gasteiger charge is 2.35. The first-order valence-electron chi connectivity index (χ1n) is 10.9. The van der Waals surface area contributed by atoms with Gasteiger partial charge in [0.1, 0.15) is 0 Å². The monoisotopic (exact) mass is 423 g/mol. The van der Waals surface area contributed by atoms with Crippen LogP contribution in [-0.4, -0.2) is 66.9 Å². The maximum Gasteiger partial charge on any atom is 0.308 e. The molecule has 0 aromatic heterocycles. The summed E-state index contributed by atoms with van der Waals surface area (Å²) in [6.45, 7) is 2.96. The van der Waals surface area contributed by atoms with Crippen LogP contribution in [0.4, 0.5) is 0 Å². The Kier molecular flexibility index (Phi) is 6.51. The number of piperidine rings is 1. The van der Waals surface area contributed by atoms with Gasteiger partial charge in [-0.25, -0.2) is 0 Å². The van der Waals surface area contributed by atoms with Crippen molar-refractivity contribution in [3.63, 3.8) is 0 Å². The topological polar surface area (TPSA) is 78.9 Å². The fraction of sp³-hybridized carbons (Fsp3) is 0.458. The number of esters is 1. The molecule has 0 aliphatic carbocycles. The third kappa shape index (κ3) is 4.71. The summed E-state index contributed by atoms with van der Waals surface area (Å²) in [7, 11) is 1.39. The van der Waals surface area contributed by atoms with Crippen molar-refractivity contribution in [2.75, 3.05) is 33.3 Å². The largest absolute Gasteiger partial charge is 0.469 e. The molecule has 2 fully saturated rings. The number of nitrogens with zero attached hydrogens (tertiary/aromatic N) is 2. The Morgan fingerprint density at radius 1 is 1.06 bits per heavy atom. The molecule has 2 aliphatic heterocycles. The lowest BCUT2D eigenvalue weighted by Crippen LogP contribution is -2.56. The lowest BCUT2D eigenvalue weighted by Gasteiger charge is -2.37. The Morgan fingerprint density at radius 2 is 1.81 bits per heavy atom. The van der Waals surface area contributed by atoms with E-state index in [0.29, 0.717) is 45.6 Å². The molecule has 31 heavy (non-hydrogen) atoms. The van der Waals surface area contributed by atoms with E-state index >= 15 is 0 Å². The molecule has 2 aromatic rings. The van der Waals surface area contributed by atoms with Gasteiger partial charge in [0.25, 0.3) is 0 Å². The van der Waals surface area contributed by atoms with Gasteiger partial charge in [0.05, 0.1) is 25.5 Å². The Labute approximate surface area is 182 Å². The minimum absolute atomic E-state index is 0.0340. The molecule has 1 atom stereocenters. The number of methoxy groups -OCH3 is 1. The minimum atomic E-state index is -0.487. The van der Waals surface area contributed by atoms with Gasteiger partial charge >= 0.3 is 5.97 Å². The summed E-state index contributed by atoms with van der Waals surface area (Å²) >= 11 is 0. The third-order valence-electron chi connectivity index (χ3n) is 6.45. The first-order chi connectivity index (χ1) is 15.1. The Morgan fingerprint density at radius 3 is 2.58 bits per heavy atom. The fourth-order valence-electron chi connectivity index (χ4n) is 4.65. The number of piperazine rings is 1. The first-order valence-corrected chi connectivity index (χ1v) is 10.9. The maximum absolute atomic E-state index is 13.0. The van der Waals surface area contributed by atoms with Gasteiger partial charge in [-0.3, -0.25) is 19.3 Å². The molecule has 0 bridgehead atoms. The number of likely N-dealkylation sites (tertiary alicyclic amines) is 1. The van der Waals surface area contributed by atoms with Crippen molar-refractivity contribution in [1.29, 1.82) is 0 Å². The standard InChI is InChI=1S/C24H29N3O4/c1-31-24(30)18-9-12-26(13-10-18)22(28)15-21-23(29)25-11-14-27(21)16-19-7-4-6-17-5-2-3-8-20(17)19/h2-8,18,21H,9-16H2,1H3,(H,25,29). The van der Waals surface area contributed by atoms with Crippen LogP contribution in [0.15, 0.2) is 42.5 Å². The fourth-order valence-corrected chi connectivity index (χ4v) is 4.65. The van der Waals surface area contributed by atoms with Gasteiger partial charge < -0.3 is 15.0 Å². The molecule has 2 saturated heterocycles. The summed E-state index contributed by atoms with van der Waals surface area (Å²) in [4.78, 5) is 41.3. The van der Waals surface area contributed by atoms with Crippen LogP contribution in [0, 0.1) is 5.92 Å². The summed E-state index contributed by atoms with van der Waals surface area (Å²) in [5.41, 5.74) is 1.16. The zero-order valence-electron chi connectivity index (χ0n) is 17.9. The average molecular weight is 424 g/mol. The highest BCUT2D eigenvalue weighted by Crippen LogP contribution is 2.24. The number of carbonyl (C=O) groups excluding carboxylic acids is 3. The summed E-state index contributed by atoms with van der Waals surface area (Å²) in [5.74, 6) is -0.479. The lowest BCUT2D eigenvalue weighted by atomic mass is 9.96. The molecule has 2 amide bonds. The number of benzene rings is 2. The van der Waals surface area contributed by atoms with E-state index in [2.05, 4.69) is 34.5 Å². The van der Waals surface area contributed by atoms with Crippen LogP contribution in [-0.2, 0) is 25.7 Å². The highest BCUT2D eigenvalue weighted by molar-refractivity contribution is 5.89. The lowest BCUT2D eigenvalue weighted by molar-refractivity contribution is -0.149. The van der Waals surface area contributed by atoms with E-state index in [1.807, 2.05) is 18.2 Å². The van der Waals surface area contributed by atoms with Crippen LogP contribution in [0.3, 0.4) is 0 Å². The third-order valence-corrected chi connectivity index (χ3v) is 6.45. The van der Waals surface area contributed by atoms with Crippen molar-refractivity contribution in [1.82, 2.24) is 15.1 Å². The second-order valence-corrected chi connectivity index (χ2v) is 8.30. The summed E-state index contributed by atoms with van der Waals surface area (Å²) in [5, 5.41) is 5.25. The predicted molar refractivity (Wildman–Crippen MR) is 117 cm³/mol. The van der Waals surface area contributed by atoms with Crippen molar-refractivity contribution in [3.8, 4) is 0 Å². The van der Waals surface area contributed by atoms with Gasteiger partial charge in [-0.15, -0.1) is 0 Å². The molecule has 0 spiro atoms. The molecular weight excluding hydrogens is 394 g/mol. The van der Waals surface area contributed by atoms with Crippen molar-refractivity contribution < 1.29 is 19.1 Å². The molecule has 7 heteroatoms. The maximum atomic E-state index is 13.0. The smallest absolute Gasteiger partial charge is 0.308 e. The Bertz CT molecular complexity index is 963. The van der Waals surface area contributed by atoms with Crippen LogP contribution in [0.1, 0.15) is 24.8 Å². The number of nitrogens with one attached hydrogen (secondary N) is 1. The quantitative estimate of drug-likeness (QED) is 0.744. The van der Waals surface area contributed by atoms with Crippen LogP contribution >= 0.6 is 0 Å². The molecule has 4 rings (SSSR count). The molecule has 2 heterocycles. The summed E-state index contributed by atoms with van der Waals surface area (Å²) in [6.07, 6.45) is 1.36. The van der Waals surface area contributed by atoms with Gasteiger partial charge in [-0.1, -0.05) is 42.5 Å². The SMILES string of the molecule is COC(=O)C1CCN(C(=O)CC2C(=O)NCCN2Cc2cccc3ccccc23)CC1. The second kappa shape index (κ2) is 9.47. The number of hydrogen-bond donors (Lipinski definition) is 1. The number of fused-ring (bicyclic) bond motifs is 1. The van der Waals surface area contributed by atoms with E-state index in [1.165, 1.54) is 17.9 Å². The molecule has 2 aliphatic rings. The van der Waals surface area contributed by atoms with E-state index in [4.69, 9.17) is 4.74 Å². The highest BCUT2D eigenvalue weighted by atomic mass is 16.5. The number of ether oxygens (including phenoxy) is 1. The van der Waals surface area contributed by atoms with Crippen molar-refractivity contribution in [2.45, 2.75) is 31.8 Å². The average Bonchev–Trinajstić information content (AvgIpc) is 2.81. The molecule has 164 valence electrons. The van der Waals surface area contributed by atoms with Crippen LogP contribution in [0.5, 0.6) is 0 Å². The van der Waals surface area contributed by atoms with Crippen molar-refractivity contribution >= 4 is 28.6 Å². The van der Waals surface area contributed by atoms with Gasteiger partial charge in [0, 0.05) is 32.7 Å². The second-order valence-electron chi connectivity index (χ2n) is 8.30. The van der Waals surface area contributed by atoms with Crippen molar-refractivity contribution in [2.24, 2.45) is 5.92 Å². The number of hydrogen-bond acceptors (Lipinski definition) is 5. The number of carbonyl (C=O) groups is 3. The van der Waals surface area contributed by atoms with E-state index in [9.17, 15) is 14.4 Å². The van der Waals surface area contributed by atoms with Crippen LogP contribution in [0.25, 0.3) is 10.8 Å². The van der Waals surface area contributed by atoms with Gasteiger partial charge in [-0.05, 0) is 29.2 Å². The van der Waals surface area contributed by atoms with Crippen LogP contribution in [0.2, 0.25) is 0 Å². The first kappa shape index (κ1) is 21.3. The van der Waals surface area contributed by atoms with E-state index < -0.39 is 6.04 Å². The molecule has 1 unspecified atom stereocenters. The summed E-state index contributed by atoms with van der Waals surface area (Å²) < 4.78 is 4.82. The molecule has 2 aromatic carbocycles. The molecule has 1 N–H and O–H groups in total. The predicted octanol–water partition coefficient (Wildman–Crippen LogP) is 1.94. The Balaban J connectivity index is 1.44. The number of amides is 2. The zero-order valence-corrected chi connectivity index (χ0v) is 17.9. The van der Waals surface area contributed by atoms with Crippen LogP contribution < -0.4 is 5.32 Å². The Hall–Kier alpha value is -2.93.